The molecule has 0 unspecified atom stereocenters. The number of nitrogens with two attached hydrogens (primary N) is 1. The number of nitrogens with zero attached hydrogens (tertiary/aromatic N) is 1. The summed E-state index contributed by atoms with van der Waals surface area (Å²) < 4.78 is 12.9. The Morgan fingerprint density at radius 3 is 2.26 bits per heavy atom. The van der Waals surface area contributed by atoms with Gasteiger partial charge in [-0.3, -0.25) is 4.79 Å². The fourth-order valence-corrected chi connectivity index (χ4v) is 1.80. The third kappa shape index (κ3) is 4.59. The molecule has 0 atom stereocenters. The molecular formula is C14H19FN2OS. The van der Waals surface area contributed by atoms with E-state index >= 15 is 0 Å². The van der Waals surface area contributed by atoms with Crippen molar-refractivity contribution in [2.45, 2.75) is 32.7 Å². The third-order valence-corrected chi connectivity index (χ3v) is 2.93. The molecular weight excluding hydrogens is 263 g/mol. The summed E-state index contributed by atoms with van der Waals surface area (Å²) in [5.74, 6) is -0.509. The van der Waals surface area contributed by atoms with Crippen LogP contribution in [0.25, 0.3) is 0 Å². The average Bonchev–Trinajstić information content (AvgIpc) is 2.27. The number of carbonyl (C=O) groups excluding carboxylic acids is 1. The van der Waals surface area contributed by atoms with Crippen molar-refractivity contribution in [1.29, 1.82) is 0 Å². The summed E-state index contributed by atoms with van der Waals surface area (Å²) in [6.07, 6.45) is 0.472. The summed E-state index contributed by atoms with van der Waals surface area (Å²) >= 11 is 4.85. The van der Waals surface area contributed by atoms with Crippen molar-refractivity contribution in [3.8, 4) is 0 Å². The predicted molar refractivity (Wildman–Crippen MR) is 78.6 cm³/mol. The van der Waals surface area contributed by atoms with Gasteiger partial charge in [0.2, 0.25) is 0 Å². The van der Waals surface area contributed by atoms with Gasteiger partial charge < -0.3 is 10.6 Å². The van der Waals surface area contributed by atoms with Crippen molar-refractivity contribution in [2.24, 2.45) is 5.73 Å². The first kappa shape index (κ1) is 15.6. The van der Waals surface area contributed by atoms with E-state index in [1.165, 1.54) is 24.3 Å². The second-order valence-electron chi connectivity index (χ2n) is 5.35. The van der Waals surface area contributed by atoms with E-state index in [4.69, 9.17) is 18.0 Å². The van der Waals surface area contributed by atoms with Gasteiger partial charge in [-0.1, -0.05) is 12.2 Å². The Hall–Kier alpha value is -1.49. The maximum absolute atomic E-state index is 12.9. The number of carbonyl (C=O) groups is 1. The van der Waals surface area contributed by atoms with Gasteiger partial charge in [-0.25, -0.2) is 4.39 Å². The highest BCUT2D eigenvalue weighted by Crippen LogP contribution is 2.18. The molecule has 0 aromatic heterocycles. The zero-order valence-corrected chi connectivity index (χ0v) is 12.3. The van der Waals surface area contributed by atoms with Crippen molar-refractivity contribution in [2.75, 3.05) is 6.54 Å². The van der Waals surface area contributed by atoms with Crippen molar-refractivity contribution >= 4 is 23.1 Å². The number of thiocarbonyl (C=S) groups is 1. The molecule has 0 spiro atoms. The van der Waals surface area contributed by atoms with Crippen LogP contribution in [0, 0.1) is 5.82 Å². The van der Waals surface area contributed by atoms with E-state index in [0.717, 1.165) is 0 Å². The highest BCUT2D eigenvalue weighted by molar-refractivity contribution is 7.80. The van der Waals surface area contributed by atoms with E-state index in [2.05, 4.69) is 0 Å². The van der Waals surface area contributed by atoms with Crippen LogP contribution in [-0.2, 0) is 0 Å². The number of hydrogen-bond acceptors (Lipinski definition) is 2. The molecule has 2 N–H and O–H groups in total. The first-order valence-electron chi connectivity index (χ1n) is 6.07. The maximum atomic E-state index is 12.9. The highest BCUT2D eigenvalue weighted by atomic mass is 32.1. The molecule has 0 aliphatic heterocycles. The number of amides is 1. The van der Waals surface area contributed by atoms with Gasteiger partial charge in [0, 0.05) is 24.1 Å². The lowest BCUT2D eigenvalue weighted by Gasteiger charge is -2.35. The Morgan fingerprint density at radius 2 is 1.84 bits per heavy atom. The first-order chi connectivity index (χ1) is 8.71. The molecule has 0 fully saturated rings. The molecule has 0 saturated carbocycles. The Balaban J connectivity index is 2.94. The molecule has 1 amide bonds. The quantitative estimate of drug-likeness (QED) is 0.864. The number of benzene rings is 1. The minimum absolute atomic E-state index is 0.149. The van der Waals surface area contributed by atoms with Crippen LogP contribution in [-0.4, -0.2) is 27.9 Å². The summed E-state index contributed by atoms with van der Waals surface area (Å²) in [4.78, 5) is 14.5. The van der Waals surface area contributed by atoms with Crippen LogP contribution in [0.5, 0.6) is 0 Å². The largest absolute Gasteiger partial charge is 0.393 e. The Labute approximate surface area is 118 Å². The number of halogens is 1. The molecule has 104 valence electrons. The number of rotatable bonds is 4. The Kier molecular flexibility index (Phi) is 5.00. The average molecular weight is 282 g/mol. The van der Waals surface area contributed by atoms with E-state index in [1.807, 2.05) is 20.8 Å². The molecule has 1 aromatic carbocycles. The van der Waals surface area contributed by atoms with Gasteiger partial charge in [-0.15, -0.1) is 0 Å². The van der Waals surface area contributed by atoms with Crippen LogP contribution in [0.4, 0.5) is 4.39 Å². The smallest absolute Gasteiger partial charge is 0.254 e. The molecule has 1 rings (SSSR count). The van der Waals surface area contributed by atoms with Crippen LogP contribution in [0.2, 0.25) is 0 Å². The summed E-state index contributed by atoms with van der Waals surface area (Å²) in [5.41, 5.74) is 5.59. The molecule has 0 heterocycles. The lowest BCUT2D eigenvalue weighted by Crippen LogP contribution is -2.46. The van der Waals surface area contributed by atoms with Gasteiger partial charge in [-0.05, 0) is 45.0 Å². The fraction of sp³-hybridized carbons (Fsp3) is 0.429. The van der Waals surface area contributed by atoms with Crippen molar-refractivity contribution < 1.29 is 9.18 Å². The molecule has 1 aromatic rings. The second kappa shape index (κ2) is 6.10. The highest BCUT2D eigenvalue weighted by Gasteiger charge is 2.27. The zero-order valence-electron chi connectivity index (χ0n) is 11.4. The van der Waals surface area contributed by atoms with Crippen molar-refractivity contribution in [3.05, 3.63) is 35.6 Å². The molecule has 3 nitrogen and oxygen atoms in total. The van der Waals surface area contributed by atoms with E-state index in [-0.39, 0.29) is 17.3 Å². The molecule has 0 saturated heterocycles. The van der Waals surface area contributed by atoms with Gasteiger partial charge in [0.1, 0.15) is 5.82 Å². The van der Waals surface area contributed by atoms with Gasteiger partial charge >= 0.3 is 0 Å². The normalized spacial score (nSPS) is 11.2. The zero-order chi connectivity index (χ0) is 14.6. The summed E-state index contributed by atoms with van der Waals surface area (Å²) in [5, 5.41) is 0. The summed E-state index contributed by atoms with van der Waals surface area (Å²) in [6, 6.07) is 5.53. The van der Waals surface area contributed by atoms with Crippen LogP contribution in [0.15, 0.2) is 24.3 Å². The SMILES string of the molecule is CC(C)(C)N(CCC(N)=S)C(=O)c1ccc(F)cc1. The van der Waals surface area contributed by atoms with Crippen LogP contribution in [0.1, 0.15) is 37.6 Å². The van der Waals surface area contributed by atoms with Crippen molar-refractivity contribution in [3.63, 3.8) is 0 Å². The Bertz CT molecular complexity index is 465. The van der Waals surface area contributed by atoms with Crippen molar-refractivity contribution in [1.82, 2.24) is 4.90 Å². The minimum Gasteiger partial charge on any atom is -0.393 e. The molecule has 0 aliphatic carbocycles. The maximum Gasteiger partial charge on any atom is 0.254 e. The van der Waals surface area contributed by atoms with Gasteiger partial charge in [0.25, 0.3) is 5.91 Å². The number of hydrogen-bond donors (Lipinski definition) is 1. The van der Waals surface area contributed by atoms with Crippen LogP contribution in [0.3, 0.4) is 0 Å². The van der Waals surface area contributed by atoms with Gasteiger partial charge in [-0.2, -0.15) is 0 Å². The predicted octanol–water partition coefficient (Wildman–Crippen LogP) is 2.74. The lowest BCUT2D eigenvalue weighted by atomic mass is 10.0. The molecule has 5 heteroatoms. The monoisotopic (exact) mass is 282 g/mol. The standard InChI is InChI=1S/C14H19FN2OS/c1-14(2,3)17(9-8-12(16)19)13(18)10-4-6-11(15)7-5-10/h4-7H,8-9H2,1-3H3,(H2,16,19). The van der Waals surface area contributed by atoms with E-state index in [0.29, 0.717) is 23.5 Å². The summed E-state index contributed by atoms with van der Waals surface area (Å²) in [7, 11) is 0. The molecule has 0 radical (unpaired) electrons. The van der Waals surface area contributed by atoms with E-state index < -0.39 is 0 Å². The third-order valence-electron chi connectivity index (χ3n) is 2.73. The Morgan fingerprint density at radius 1 is 1.32 bits per heavy atom. The second-order valence-corrected chi connectivity index (χ2v) is 5.88. The van der Waals surface area contributed by atoms with Gasteiger partial charge in [0.15, 0.2) is 0 Å². The first-order valence-corrected chi connectivity index (χ1v) is 6.48. The molecule has 0 bridgehead atoms. The minimum atomic E-state index is -0.359. The molecule has 0 aliphatic rings. The van der Waals surface area contributed by atoms with E-state index in [9.17, 15) is 9.18 Å². The lowest BCUT2D eigenvalue weighted by molar-refractivity contribution is 0.0591. The van der Waals surface area contributed by atoms with Gasteiger partial charge in [0.05, 0.1) is 4.99 Å². The fourth-order valence-electron chi connectivity index (χ4n) is 1.71. The van der Waals surface area contributed by atoms with Crippen LogP contribution >= 0.6 is 12.2 Å². The molecule has 19 heavy (non-hydrogen) atoms. The summed E-state index contributed by atoms with van der Waals surface area (Å²) in [6.45, 7) is 6.27. The van der Waals surface area contributed by atoms with E-state index in [1.54, 1.807) is 4.90 Å². The topological polar surface area (TPSA) is 46.3 Å². The van der Waals surface area contributed by atoms with Crippen LogP contribution < -0.4 is 5.73 Å².